The van der Waals surface area contributed by atoms with E-state index >= 15 is 0 Å². The second-order valence-electron chi connectivity index (χ2n) is 3.60. The number of aromatic nitrogens is 1. The van der Waals surface area contributed by atoms with Crippen LogP contribution >= 0.6 is 0 Å². The highest BCUT2D eigenvalue weighted by atomic mass is 16.5. The Morgan fingerprint density at radius 2 is 1.85 bits per heavy atom. The van der Waals surface area contributed by atoms with Crippen molar-refractivity contribution in [1.29, 1.82) is 0 Å². The molecule has 1 aromatic carbocycles. The highest BCUT2D eigenvalue weighted by molar-refractivity contribution is 5.72. The molecule has 0 aliphatic heterocycles. The van der Waals surface area contributed by atoms with Crippen LogP contribution in [0.2, 0.25) is 0 Å². The zero-order valence-electron chi connectivity index (χ0n) is 11.1. The molecule has 20 heavy (non-hydrogen) atoms. The topological polar surface area (TPSA) is 88.9 Å². The molecule has 2 N–H and O–H groups in total. The van der Waals surface area contributed by atoms with Crippen LogP contribution in [-0.2, 0) is 4.79 Å². The molecule has 0 saturated carbocycles. The van der Waals surface area contributed by atoms with E-state index in [0.717, 1.165) is 16.9 Å². The highest BCUT2D eigenvalue weighted by Gasteiger charge is 2.08. The lowest BCUT2D eigenvalue weighted by atomic mass is 10.1. The van der Waals surface area contributed by atoms with E-state index in [9.17, 15) is 5.11 Å². The Labute approximate surface area is 116 Å². The molecule has 0 saturated heterocycles. The van der Waals surface area contributed by atoms with Crippen molar-refractivity contribution in [2.75, 3.05) is 14.2 Å². The highest BCUT2D eigenvalue weighted by Crippen LogP contribution is 2.33. The van der Waals surface area contributed by atoms with Crippen molar-refractivity contribution in [2.24, 2.45) is 0 Å². The van der Waals surface area contributed by atoms with Crippen molar-refractivity contribution in [3.8, 4) is 28.4 Å². The van der Waals surface area contributed by atoms with Crippen molar-refractivity contribution < 1.29 is 24.5 Å². The van der Waals surface area contributed by atoms with E-state index in [1.54, 1.807) is 26.5 Å². The molecule has 0 radical (unpaired) electrons. The van der Waals surface area contributed by atoms with Gasteiger partial charge in [0.2, 0.25) is 0 Å². The molecule has 1 heterocycles. The molecule has 0 amide bonds. The summed E-state index contributed by atoms with van der Waals surface area (Å²) in [5, 5.41) is 16.3. The third-order valence-corrected chi connectivity index (χ3v) is 2.44. The first-order valence-electron chi connectivity index (χ1n) is 5.60. The van der Waals surface area contributed by atoms with Crippen molar-refractivity contribution in [3.63, 3.8) is 0 Å². The van der Waals surface area contributed by atoms with Crippen LogP contribution in [0.25, 0.3) is 11.1 Å². The van der Waals surface area contributed by atoms with E-state index in [-0.39, 0.29) is 12.2 Å². The van der Waals surface area contributed by atoms with Crippen LogP contribution in [0, 0.1) is 0 Å². The number of ether oxygens (including phenoxy) is 2. The van der Waals surface area contributed by atoms with Crippen molar-refractivity contribution in [3.05, 3.63) is 36.7 Å². The van der Waals surface area contributed by atoms with Gasteiger partial charge < -0.3 is 19.7 Å². The van der Waals surface area contributed by atoms with Crippen molar-refractivity contribution in [2.45, 2.75) is 0 Å². The Balaban J connectivity index is 0.000000612. The van der Waals surface area contributed by atoms with Crippen LogP contribution in [0.3, 0.4) is 0 Å². The molecule has 0 spiro atoms. The van der Waals surface area contributed by atoms with E-state index in [4.69, 9.17) is 19.4 Å². The van der Waals surface area contributed by atoms with Crippen LogP contribution in [-0.4, -0.2) is 35.9 Å². The summed E-state index contributed by atoms with van der Waals surface area (Å²) in [5.74, 6) is 1.55. The minimum Gasteiger partial charge on any atom is -0.506 e. The van der Waals surface area contributed by atoms with Crippen molar-refractivity contribution >= 4 is 6.47 Å². The number of hydrogen-bond acceptors (Lipinski definition) is 5. The van der Waals surface area contributed by atoms with Gasteiger partial charge in [-0.05, 0) is 24.3 Å². The van der Waals surface area contributed by atoms with E-state index in [1.807, 2.05) is 18.2 Å². The number of methoxy groups -OCH3 is 2. The summed E-state index contributed by atoms with van der Waals surface area (Å²) >= 11 is 0. The Kier molecular flexibility index (Phi) is 5.83. The van der Waals surface area contributed by atoms with Gasteiger partial charge in [0.25, 0.3) is 6.47 Å². The number of benzene rings is 1. The smallest absolute Gasteiger partial charge is 0.290 e. The van der Waals surface area contributed by atoms with Gasteiger partial charge in [-0.1, -0.05) is 0 Å². The fourth-order valence-electron chi connectivity index (χ4n) is 1.61. The first kappa shape index (κ1) is 15.3. The second kappa shape index (κ2) is 7.63. The van der Waals surface area contributed by atoms with Gasteiger partial charge in [-0.3, -0.25) is 9.78 Å². The molecule has 0 unspecified atom stereocenters. The van der Waals surface area contributed by atoms with E-state index in [0.29, 0.717) is 5.75 Å². The summed E-state index contributed by atoms with van der Waals surface area (Å²) in [6.07, 6.45) is 3.05. The monoisotopic (exact) mass is 277 g/mol. The minimum absolute atomic E-state index is 0.118. The maximum Gasteiger partial charge on any atom is 0.290 e. The molecule has 2 rings (SSSR count). The Hall–Kier alpha value is -2.76. The number of carboxylic acid groups (broad SMARTS) is 1. The molecule has 0 fully saturated rings. The predicted molar refractivity (Wildman–Crippen MR) is 73.1 cm³/mol. The van der Waals surface area contributed by atoms with Gasteiger partial charge >= 0.3 is 0 Å². The zero-order chi connectivity index (χ0) is 15.0. The number of aromatic hydroxyl groups is 1. The summed E-state index contributed by atoms with van der Waals surface area (Å²) < 4.78 is 10.4. The Bertz CT molecular complexity index is 571. The first-order valence-corrected chi connectivity index (χ1v) is 5.60. The third-order valence-electron chi connectivity index (χ3n) is 2.44. The average Bonchev–Trinajstić information content (AvgIpc) is 2.47. The molecule has 2 aromatic rings. The minimum atomic E-state index is -0.250. The summed E-state index contributed by atoms with van der Waals surface area (Å²) in [7, 11) is 3.20. The first-order chi connectivity index (χ1) is 9.65. The molecule has 0 bridgehead atoms. The number of pyridine rings is 1. The molecule has 1 aromatic heterocycles. The fourth-order valence-corrected chi connectivity index (χ4v) is 1.61. The molecule has 106 valence electrons. The van der Waals surface area contributed by atoms with Crippen molar-refractivity contribution in [1.82, 2.24) is 4.98 Å². The number of nitrogens with zero attached hydrogens (tertiary/aromatic N) is 1. The quantitative estimate of drug-likeness (QED) is 0.836. The lowest BCUT2D eigenvalue weighted by molar-refractivity contribution is -0.122. The Morgan fingerprint density at radius 3 is 2.40 bits per heavy atom. The van der Waals surface area contributed by atoms with Crippen LogP contribution in [0.5, 0.6) is 17.2 Å². The maximum absolute atomic E-state index is 9.43. The lowest BCUT2D eigenvalue weighted by Crippen LogP contribution is -1.90. The molecular formula is C14H15NO5. The van der Waals surface area contributed by atoms with E-state index in [1.165, 1.54) is 6.20 Å². The van der Waals surface area contributed by atoms with Gasteiger partial charge in [0, 0.05) is 17.3 Å². The van der Waals surface area contributed by atoms with Crippen LogP contribution in [0.15, 0.2) is 36.7 Å². The summed E-state index contributed by atoms with van der Waals surface area (Å²) in [5.41, 5.74) is 1.61. The van der Waals surface area contributed by atoms with E-state index in [2.05, 4.69) is 4.98 Å². The summed E-state index contributed by atoms with van der Waals surface area (Å²) in [6.45, 7) is -0.250. The SMILES string of the molecule is COc1ccc(OC)c(-c2cncc(O)c2)c1.O=CO. The third kappa shape index (κ3) is 3.88. The lowest BCUT2D eigenvalue weighted by Gasteiger charge is -2.10. The van der Waals surface area contributed by atoms with Gasteiger partial charge in [0.15, 0.2) is 0 Å². The fraction of sp³-hybridized carbons (Fsp3) is 0.143. The van der Waals surface area contributed by atoms with E-state index < -0.39 is 0 Å². The normalized spacial score (nSPS) is 9.10. The Morgan fingerprint density at radius 1 is 1.15 bits per heavy atom. The number of rotatable bonds is 3. The standard InChI is InChI=1S/C13H13NO3.CH2O2/c1-16-11-3-4-13(17-2)12(6-11)9-5-10(15)8-14-7-9;2-1-3/h3-8,15H,1-2H3;1H,(H,2,3). The molecule has 6 heteroatoms. The summed E-state index contributed by atoms with van der Waals surface area (Å²) in [4.78, 5) is 12.3. The predicted octanol–water partition coefficient (Wildman–Crippen LogP) is 2.17. The van der Waals surface area contributed by atoms with Crippen LogP contribution in [0.1, 0.15) is 0 Å². The van der Waals surface area contributed by atoms with Crippen LogP contribution in [0.4, 0.5) is 0 Å². The number of carbonyl (C=O) groups is 1. The largest absolute Gasteiger partial charge is 0.506 e. The molecule has 6 nitrogen and oxygen atoms in total. The molecule has 0 aliphatic rings. The van der Waals surface area contributed by atoms with Crippen LogP contribution < -0.4 is 9.47 Å². The van der Waals surface area contributed by atoms with Gasteiger partial charge in [-0.25, -0.2) is 0 Å². The van der Waals surface area contributed by atoms with Gasteiger partial charge in [-0.15, -0.1) is 0 Å². The second-order valence-corrected chi connectivity index (χ2v) is 3.60. The average molecular weight is 277 g/mol. The molecule has 0 atom stereocenters. The van der Waals surface area contributed by atoms with Gasteiger partial charge in [-0.2, -0.15) is 0 Å². The number of hydrogen-bond donors (Lipinski definition) is 2. The van der Waals surface area contributed by atoms with Gasteiger partial charge in [0.1, 0.15) is 17.2 Å². The molecular weight excluding hydrogens is 262 g/mol. The van der Waals surface area contributed by atoms with Gasteiger partial charge in [0.05, 0.1) is 20.4 Å². The molecule has 0 aliphatic carbocycles. The summed E-state index contributed by atoms with van der Waals surface area (Å²) in [6, 6.07) is 7.11. The zero-order valence-corrected chi connectivity index (χ0v) is 11.1. The maximum atomic E-state index is 9.43.